The number of aliphatic imine (C=N–C) groups is 1. The normalized spacial score (nSPS) is 16.1. The third kappa shape index (κ3) is 6.69. The number of hydrogen-bond donors (Lipinski definition) is 1. The Bertz CT molecular complexity index is 1520. The second kappa shape index (κ2) is 12.9. The van der Waals surface area contributed by atoms with Gasteiger partial charge in [-0.2, -0.15) is 0 Å². The van der Waals surface area contributed by atoms with Crippen LogP contribution in [0, 0.1) is 5.82 Å². The number of halogens is 1. The Labute approximate surface area is 242 Å². The van der Waals surface area contributed by atoms with E-state index < -0.39 is 12.0 Å². The first-order valence-electron chi connectivity index (χ1n) is 13.3. The second-order valence-corrected chi connectivity index (χ2v) is 10.4. The van der Waals surface area contributed by atoms with E-state index in [2.05, 4.69) is 5.32 Å². The predicted molar refractivity (Wildman–Crippen MR) is 157 cm³/mol. The molecule has 0 bridgehead atoms. The van der Waals surface area contributed by atoms with Crippen LogP contribution >= 0.6 is 11.8 Å². The number of nitrogens with zero attached hydrogens (tertiary/aromatic N) is 2. The molecular formula is C32H30FN3O4S. The van der Waals surface area contributed by atoms with Gasteiger partial charge in [-0.05, 0) is 60.2 Å². The minimum absolute atomic E-state index is 0.0725. The quantitative estimate of drug-likeness (QED) is 0.290. The Morgan fingerprint density at radius 1 is 1.02 bits per heavy atom. The molecule has 0 spiro atoms. The molecule has 210 valence electrons. The van der Waals surface area contributed by atoms with Gasteiger partial charge in [0.1, 0.15) is 18.2 Å². The summed E-state index contributed by atoms with van der Waals surface area (Å²) in [7, 11) is 0. The van der Waals surface area contributed by atoms with E-state index >= 15 is 0 Å². The number of amidine groups is 1. The third-order valence-corrected chi connectivity index (χ3v) is 7.55. The van der Waals surface area contributed by atoms with Crippen LogP contribution in [-0.4, -0.2) is 28.6 Å². The summed E-state index contributed by atoms with van der Waals surface area (Å²) in [5.74, 6) is -0.326. The molecule has 41 heavy (non-hydrogen) atoms. The minimum atomic E-state index is -0.562. The lowest BCUT2D eigenvalue weighted by molar-refractivity contribution is -0.139. The molecule has 0 fully saturated rings. The highest BCUT2D eigenvalue weighted by Gasteiger charge is 2.41. The number of amides is 1. The van der Waals surface area contributed by atoms with Crippen molar-refractivity contribution < 1.29 is 23.5 Å². The molecule has 2 aliphatic heterocycles. The van der Waals surface area contributed by atoms with Gasteiger partial charge in [0.2, 0.25) is 5.91 Å². The second-order valence-electron chi connectivity index (χ2n) is 9.54. The van der Waals surface area contributed by atoms with Gasteiger partial charge in [-0.15, -0.1) is 0 Å². The first-order valence-corrected chi connectivity index (χ1v) is 14.2. The molecule has 9 heteroatoms. The monoisotopic (exact) mass is 571 g/mol. The topological polar surface area (TPSA) is 80.2 Å². The Hall–Kier alpha value is -4.37. The first-order chi connectivity index (χ1) is 19.9. The summed E-state index contributed by atoms with van der Waals surface area (Å²) in [5, 5.41) is 5.47. The maximum absolute atomic E-state index is 13.2. The van der Waals surface area contributed by atoms with Crippen molar-refractivity contribution in [1.82, 2.24) is 10.2 Å². The minimum Gasteiger partial charge on any atom is -0.489 e. The van der Waals surface area contributed by atoms with E-state index in [1.54, 1.807) is 26.0 Å². The molecule has 0 saturated carbocycles. The summed E-state index contributed by atoms with van der Waals surface area (Å²) < 4.78 is 24.8. The SMILES string of the molecule is CCOC(=O)C1=C(C)N=C2SC=C(CC(=O)NCc3ccc(F)cc3)N2[C@H]1c1cccc(OCc2ccccc2)c1. The van der Waals surface area contributed by atoms with Crippen LogP contribution < -0.4 is 10.1 Å². The van der Waals surface area contributed by atoms with E-state index in [-0.39, 0.29) is 31.3 Å². The van der Waals surface area contributed by atoms with Gasteiger partial charge >= 0.3 is 5.97 Å². The average molecular weight is 572 g/mol. The lowest BCUT2D eigenvalue weighted by Crippen LogP contribution is -2.38. The largest absolute Gasteiger partial charge is 0.489 e. The number of fused-ring (bicyclic) bond motifs is 1. The summed E-state index contributed by atoms with van der Waals surface area (Å²) in [6.45, 7) is 4.47. The highest BCUT2D eigenvalue weighted by atomic mass is 32.2. The van der Waals surface area contributed by atoms with Crippen LogP contribution in [0.1, 0.15) is 43.0 Å². The predicted octanol–water partition coefficient (Wildman–Crippen LogP) is 6.25. The molecule has 0 aliphatic carbocycles. The number of carbonyl (C=O) groups is 2. The van der Waals surface area contributed by atoms with Crippen molar-refractivity contribution in [2.75, 3.05) is 6.61 Å². The molecule has 2 heterocycles. The number of thioether (sulfide) groups is 1. The molecule has 1 atom stereocenters. The van der Waals surface area contributed by atoms with Gasteiger partial charge in [-0.25, -0.2) is 14.2 Å². The molecule has 0 aromatic heterocycles. The van der Waals surface area contributed by atoms with Crippen molar-refractivity contribution in [1.29, 1.82) is 0 Å². The maximum atomic E-state index is 13.2. The fraction of sp³-hybridized carbons (Fsp3) is 0.219. The van der Waals surface area contributed by atoms with Gasteiger partial charge in [-0.3, -0.25) is 4.79 Å². The Morgan fingerprint density at radius 3 is 2.56 bits per heavy atom. The number of ether oxygens (including phenoxy) is 2. The number of rotatable bonds is 10. The van der Waals surface area contributed by atoms with Crippen molar-refractivity contribution in [3.05, 3.63) is 124 Å². The van der Waals surface area contributed by atoms with E-state index in [1.807, 2.05) is 64.9 Å². The Balaban J connectivity index is 1.40. The zero-order valence-corrected chi connectivity index (χ0v) is 23.6. The zero-order valence-electron chi connectivity index (χ0n) is 22.8. The first kappa shape index (κ1) is 28.2. The molecule has 0 unspecified atom stereocenters. The van der Waals surface area contributed by atoms with Gasteiger partial charge < -0.3 is 19.7 Å². The summed E-state index contributed by atoms with van der Waals surface area (Å²) in [6.07, 6.45) is 0.0725. The summed E-state index contributed by atoms with van der Waals surface area (Å²) >= 11 is 1.41. The van der Waals surface area contributed by atoms with Crippen molar-refractivity contribution >= 4 is 28.8 Å². The van der Waals surface area contributed by atoms with Crippen molar-refractivity contribution in [2.24, 2.45) is 4.99 Å². The number of allylic oxidation sites excluding steroid dienone is 1. The highest BCUT2D eigenvalue weighted by molar-refractivity contribution is 8.16. The standard InChI is InChI=1S/C32H30FN3O4S/c1-3-39-31(38)29-21(2)35-32-36(26(20-41-32)17-28(37)34-18-22-12-14-25(33)15-13-22)30(29)24-10-7-11-27(16-24)40-19-23-8-5-4-6-9-23/h4-16,20,30H,3,17-19H2,1-2H3,(H,34,37)/t30-/m0/s1. The fourth-order valence-electron chi connectivity index (χ4n) is 4.70. The Kier molecular flexibility index (Phi) is 8.84. The number of hydrogen-bond acceptors (Lipinski definition) is 7. The van der Waals surface area contributed by atoms with E-state index in [0.717, 1.165) is 16.7 Å². The van der Waals surface area contributed by atoms with E-state index in [9.17, 15) is 14.0 Å². The van der Waals surface area contributed by atoms with E-state index in [0.29, 0.717) is 34.5 Å². The van der Waals surface area contributed by atoms with Crippen LogP contribution in [0.4, 0.5) is 4.39 Å². The third-order valence-electron chi connectivity index (χ3n) is 6.66. The maximum Gasteiger partial charge on any atom is 0.338 e. The lowest BCUT2D eigenvalue weighted by atomic mass is 9.93. The van der Waals surface area contributed by atoms with Crippen LogP contribution in [0.5, 0.6) is 5.75 Å². The zero-order chi connectivity index (χ0) is 28.8. The fourth-order valence-corrected chi connectivity index (χ4v) is 5.66. The summed E-state index contributed by atoms with van der Waals surface area (Å²) in [6, 6.07) is 22.9. The molecule has 0 saturated heterocycles. The van der Waals surface area contributed by atoms with Crippen molar-refractivity contribution in [3.63, 3.8) is 0 Å². The molecule has 3 aromatic carbocycles. The van der Waals surface area contributed by atoms with Crippen LogP contribution in [0.2, 0.25) is 0 Å². The number of carbonyl (C=O) groups excluding carboxylic acids is 2. The van der Waals surface area contributed by atoms with Gasteiger partial charge in [0.25, 0.3) is 0 Å². The molecule has 1 N–H and O–H groups in total. The van der Waals surface area contributed by atoms with E-state index in [4.69, 9.17) is 14.5 Å². The smallest absolute Gasteiger partial charge is 0.338 e. The molecule has 5 rings (SSSR count). The summed E-state index contributed by atoms with van der Waals surface area (Å²) in [4.78, 5) is 32.9. The summed E-state index contributed by atoms with van der Waals surface area (Å²) in [5.41, 5.74) is 4.34. The highest BCUT2D eigenvalue weighted by Crippen LogP contribution is 2.45. The molecule has 0 radical (unpaired) electrons. The van der Waals surface area contributed by atoms with Gasteiger partial charge in [0, 0.05) is 12.2 Å². The van der Waals surface area contributed by atoms with Gasteiger partial charge in [0.05, 0.1) is 30.3 Å². The van der Waals surface area contributed by atoms with Crippen molar-refractivity contribution in [3.8, 4) is 5.75 Å². The van der Waals surface area contributed by atoms with Gasteiger partial charge in [-0.1, -0.05) is 66.4 Å². The Morgan fingerprint density at radius 2 is 1.80 bits per heavy atom. The van der Waals surface area contributed by atoms with Crippen LogP contribution in [-0.2, 0) is 27.5 Å². The number of nitrogens with one attached hydrogen (secondary N) is 1. The number of benzene rings is 3. The van der Waals surface area contributed by atoms with Crippen LogP contribution in [0.3, 0.4) is 0 Å². The molecular weight excluding hydrogens is 541 g/mol. The lowest BCUT2D eigenvalue weighted by Gasteiger charge is -2.36. The van der Waals surface area contributed by atoms with E-state index in [1.165, 1.54) is 23.9 Å². The molecule has 2 aliphatic rings. The number of esters is 1. The van der Waals surface area contributed by atoms with Crippen molar-refractivity contribution in [2.45, 2.75) is 39.5 Å². The molecule has 3 aromatic rings. The molecule has 1 amide bonds. The molecule has 7 nitrogen and oxygen atoms in total. The van der Waals surface area contributed by atoms with Crippen LogP contribution in [0.25, 0.3) is 0 Å². The van der Waals surface area contributed by atoms with Gasteiger partial charge in [0.15, 0.2) is 5.17 Å². The van der Waals surface area contributed by atoms with Crippen LogP contribution in [0.15, 0.2) is 106 Å². The average Bonchev–Trinajstić information content (AvgIpc) is 3.37.